The van der Waals surface area contributed by atoms with Crippen molar-refractivity contribution in [2.45, 2.75) is 58.5 Å². The average molecular weight is 411 g/mol. The van der Waals surface area contributed by atoms with Crippen molar-refractivity contribution in [1.29, 1.82) is 0 Å². The molecule has 1 aliphatic heterocycles. The minimum absolute atomic E-state index is 0.485. The maximum Gasteiger partial charge on any atom is 0.0641 e. The van der Waals surface area contributed by atoms with E-state index in [9.17, 15) is 0 Å². The van der Waals surface area contributed by atoms with Gasteiger partial charge in [-0.2, -0.15) is 0 Å². The van der Waals surface area contributed by atoms with E-state index in [0.717, 1.165) is 38.1 Å². The Hall–Kier alpha value is -0.580. The maximum absolute atomic E-state index is 5.79. The molecule has 142 valence electrons. The molecule has 0 N–H and O–H groups in total. The van der Waals surface area contributed by atoms with Gasteiger partial charge in [0, 0.05) is 36.8 Å². The topological polar surface area (TPSA) is 15.7 Å². The molecule has 0 aromatic heterocycles. The summed E-state index contributed by atoms with van der Waals surface area (Å²) in [5.41, 5.74) is 2.74. The van der Waals surface area contributed by atoms with Crippen molar-refractivity contribution in [2.75, 3.05) is 43.1 Å². The number of likely N-dealkylation sites (tertiary alicyclic amines) is 1. The van der Waals surface area contributed by atoms with Gasteiger partial charge in [-0.1, -0.05) is 34.5 Å². The SMILES string of the molecule is CC(C)N(CCOCCCCBr)c1ccc(CN2CCCCC2)cc1. The number of alkyl halides is 1. The van der Waals surface area contributed by atoms with Gasteiger partial charge < -0.3 is 9.64 Å². The molecule has 0 saturated carbocycles. The Bertz CT molecular complexity index is 457. The van der Waals surface area contributed by atoms with E-state index >= 15 is 0 Å². The van der Waals surface area contributed by atoms with Crippen molar-refractivity contribution >= 4 is 21.6 Å². The fourth-order valence-electron chi connectivity index (χ4n) is 3.42. The van der Waals surface area contributed by atoms with E-state index in [4.69, 9.17) is 4.74 Å². The lowest BCUT2D eigenvalue weighted by Gasteiger charge is -2.30. The molecule has 1 heterocycles. The van der Waals surface area contributed by atoms with Gasteiger partial charge in [-0.3, -0.25) is 4.90 Å². The van der Waals surface area contributed by atoms with Gasteiger partial charge in [0.15, 0.2) is 0 Å². The van der Waals surface area contributed by atoms with E-state index in [1.54, 1.807) is 0 Å². The number of piperidine rings is 1. The summed E-state index contributed by atoms with van der Waals surface area (Å²) >= 11 is 3.46. The second kappa shape index (κ2) is 11.9. The highest BCUT2D eigenvalue weighted by molar-refractivity contribution is 9.09. The molecule has 1 aromatic rings. The molecule has 3 nitrogen and oxygen atoms in total. The fourth-order valence-corrected chi connectivity index (χ4v) is 3.81. The highest BCUT2D eigenvalue weighted by Gasteiger charge is 2.12. The monoisotopic (exact) mass is 410 g/mol. The van der Waals surface area contributed by atoms with E-state index < -0.39 is 0 Å². The summed E-state index contributed by atoms with van der Waals surface area (Å²) < 4.78 is 5.79. The highest BCUT2D eigenvalue weighted by atomic mass is 79.9. The van der Waals surface area contributed by atoms with Gasteiger partial charge in [-0.05, 0) is 70.3 Å². The van der Waals surface area contributed by atoms with E-state index in [-0.39, 0.29) is 0 Å². The van der Waals surface area contributed by atoms with Gasteiger partial charge in [-0.25, -0.2) is 0 Å². The van der Waals surface area contributed by atoms with Crippen molar-refractivity contribution in [3.63, 3.8) is 0 Å². The van der Waals surface area contributed by atoms with Crippen LogP contribution in [0.3, 0.4) is 0 Å². The minimum Gasteiger partial charge on any atom is -0.380 e. The average Bonchev–Trinajstić information content (AvgIpc) is 2.63. The van der Waals surface area contributed by atoms with Crippen LogP contribution < -0.4 is 4.90 Å². The Balaban J connectivity index is 1.81. The molecule has 2 rings (SSSR count). The molecule has 0 radical (unpaired) electrons. The second-order valence-corrected chi connectivity index (χ2v) is 8.09. The Labute approximate surface area is 162 Å². The predicted octanol–water partition coefficient (Wildman–Crippen LogP) is 5.08. The largest absolute Gasteiger partial charge is 0.380 e. The van der Waals surface area contributed by atoms with Gasteiger partial charge >= 0.3 is 0 Å². The van der Waals surface area contributed by atoms with Crippen molar-refractivity contribution in [3.8, 4) is 0 Å². The first-order chi connectivity index (χ1) is 12.2. The molecule has 0 amide bonds. The van der Waals surface area contributed by atoms with E-state index in [1.165, 1.54) is 50.0 Å². The molecule has 25 heavy (non-hydrogen) atoms. The Morgan fingerprint density at radius 2 is 1.76 bits per heavy atom. The third-order valence-corrected chi connectivity index (χ3v) is 5.46. The Morgan fingerprint density at radius 3 is 2.40 bits per heavy atom. The van der Waals surface area contributed by atoms with Crippen molar-refractivity contribution in [3.05, 3.63) is 29.8 Å². The zero-order valence-electron chi connectivity index (χ0n) is 16.1. The van der Waals surface area contributed by atoms with Crippen LogP contribution in [0.25, 0.3) is 0 Å². The standard InChI is InChI=1S/C21H35BrN2O/c1-19(2)24(15-17-25-16-7-4-12-22)21-10-8-20(9-11-21)18-23-13-5-3-6-14-23/h8-11,19H,3-7,12-18H2,1-2H3. The van der Waals surface area contributed by atoms with Gasteiger partial charge in [0.05, 0.1) is 6.61 Å². The lowest BCUT2D eigenvalue weighted by Crippen LogP contribution is -2.34. The number of benzene rings is 1. The molecular formula is C21H35BrN2O. The summed E-state index contributed by atoms with van der Waals surface area (Å²) in [5.74, 6) is 0. The van der Waals surface area contributed by atoms with Gasteiger partial charge in [0.2, 0.25) is 0 Å². The van der Waals surface area contributed by atoms with Gasteiger partial charge in [-0.15, -0.1) is 0 Å². The molecule has 1 aromatic carbocycles. The van der Waals surface area contributed by atoms with Gasteiger partial charge in [0.1, 0.15) is 0 Å². The number of hydrogen-bond acceptors (Lipinski definition) is 3. The van der Waals surface area contributed by atoms with Crippen molar-refractivity contribution in [1.82, 2.24) is 4.90 Å². The second-order valence-electron chi connectivity index (χ2n) is 7.30. The molecule has 1 saturated heterocycles. The fraction of sp³-hybridized carbons (Fsp3) is 0.714. The van der Waals surface area contributed by atoms with Crippen molar-refractivity contribution < 1.29 is 4.74 Å². The zero-order valence-corrected chi connectivity index (χ0v) is 17.6. The first-order valence-electron chi connectivity index (χ1n) is 9.92. The molecule has 4 heteroatoms. The predicted molar refractivity (Wildman–Crippen MR) is 112 cm³/mol. The number of anilines is 1. The first kappa shape index (κ1) is 20.7. The number of ether oxygens (including phenoxy) is 1. The summed E-state index contributed by atoms with van der Waals surface area (Å²) in [6, 6.07) is 9.65. The lowest BCUT2D eigenvalue weighted by molar-refractivity contribution is 0.136. The molecule has 0 spiro atoms. The zero-order chi connectivity index (χ0) is 17.9. The van der Waals surface area contributed by atoms with Crippen LogP contribution in [0.15, 0.2) is 24.3 Å². The van der Waals surface area contributed by atoms with Crippen molar-refractivity contribution in [2.24, 2.45) is 0 Å². The molecule has 0 atom stereocenters. The van der Waals surface area contributed by atoms with Crippen LogP contribution in [-0.2, 0) is 11.3 Å². The van der Waals surface area contributed by atoms with Crippen LogP contribution >= 0.6 is 15.9 Å². The normalized spacial score (nSPS) is 15.7. The highest BCUT2D eigenvalue weighted by Crippen LogP contribution is 2.20. The molecule has 0 bridgehead atoms. The number of rotatable bonds is 11. The quantitative estimate of drug-likeness (QED) is 0.373. The van der Waals surface area contributed by atoms with Crippen LogP contribution in [0, 0.1) is 0 Å². The molecule has 1 aliphatic rings. The number of nitrogens with zero attached hydrogens (tertiary/aromatic N) is 2. The number of hydrogen-bond donors (Lipinski definition) is 0. The molecule has 0 aliphatic carbocycles. The van der Waals surface area contributed by atoms with Crippen LogP contribution in [0.4, 0.5) is 5.69 Å². The summed E-state index contributed by atoms with van der Waals surface area (Å²) in [5, 5.41) is 1.07. The van der Waals surface area contributed by atoms with Crippen LogP contribution in [0.5, 0.6) is 0 Å². The molecule has 1 fully saturated rings. The molecular weight excluding hydrogens is 376 g/mol. The molecule has 0 unspecified atom stereocenters. The summed E-state index contributed by atoms with van der Waals surface area (Å²) in [7, 11) is 0. The summed E-state index contributed by atoms with van der Waals surface area (Å²) in [6.45, 7) is 10.7. The Kier molecular flexibility index (Phi) is 9.89. The third-order valence-electron chi connectivity index (χ3n) is 4.90. The maximum atomic E-state index is 5.79. The van der Waals surface area contributed by atoms with Gasteiger partial charge in [0.25, 0.3) is 0 Å². The van der Waals surface area contributed by atoms with E-state index in [1.807, 2.05) is 0 Å². The minimum atomic E-state index is 0.485. The smallest absolute Gasteiger partial charge is 0.0641 e. The third kappa shape index (κ3) is 7.67. The number of halogens is 1. The summed E-state index contributed by atoms with van der Waals surface area (Å²) in [4.78, 5) is 5.02. The van der Waals surface area contributed by atoms with E-state index in [0.29, 0.717) is 6.04 Å². The van der Waals surface area contributed by atoms with Crippen LogP contribution in [-0.4, -0.2) is 49.1 Å². The van der Waals surface area contributed by atoms with E-state index in [2.05, 4.69) is 63.8 Å². The first-order valence-corrected chi connectivity index (χ1v) is 11.0. The Morgan fingerprint density at radius 1 is 1.04 bits per heavy atom. The number of unbranched alkanes of at least 4 members (excludes halogenated alkanes) is 1. The summed E-state index contributed by atoms with van der Waals surface area (Å²) in [6.07, 6.45) is 6.44. The van der Waals surface area contributed by atoms with Crippen LogP contribution in [0.2, 0.25) is 0 Å². The van der Waals surface area contributed by atoms with Crippen LogP contribution in [0.1, 0.15) is 51.5 Å². The lowest BCUT2D eigenvalue weighted by atomic mass is 10.1.